The average Bonchev–Trinajstić information content (AvgIpc) is 3.62. The molecule has 1 unspecified atom stereocenters. The molecule has 12 heteroatoms. The van der Waals surface area contributed by atoms with Crippen LogP contribution in [0, 0.1) is 5.82 Å². The van der Waals surface area contributed by atoms with Gasteiger partial charge in [0.2, 0.25) is 5.91 Å². The van der Waals surface area contributed by atoms with Crippen LogP contribution in [0.15, 0.2) is 39.9 Å². The zero-order chi connectivity index (χ0) is 24.4. The first-order chi connectivity index (χ1) is 16.9. The summed E-state index contributed by atoms with van der Waals surface area (Å²) in [6, 6.07) is 6.85. The van der Waals surface area contributed by atoms with Crippen molar-refractivity contribution in [1.29, 1.82) is 0 Å². The van der Waals surface area contributed by atoms with Gasteiger partial charge in [-0.25, -0.2) is 17.8 Å². The lowest BCUT2D eigenvalue weighted by Crippen LogP contribution is -2.48. The molecular weight excluding hydrogens is 511 g/mol. The van der Waals surface area contributed by atoms with Crippen molar-refractivity contribution in [2.75, 3.05) is 50.8 Å². The Labute approximate surface area is 212 Å². The van der Waals surface area contributed by atoms with Crippen LogP contribution in [0.1, 0.15) is 19.3 Å². The normalized spacial score (nSPS) is 20.0. The number of hydrogen-bond acceptors (Lipinski definition) is 8. The van der Waals surface area contributed by atoms with Crippen LogP contribution < -0.4 is 4.90 Å². The molecule has 8 nitrogen and oxygen atoms in total. The number of amides is 1. The number of halogens is 1. The van der Waals surface area contributed by atoms with Gasteiger partial charge in [-0.2, -0.15) is 4.31 Å². The van der Waals surface area contributed by atoms with Crippen molar-refractivity contribution < 1.29 is 22.3 Å². The molecule has 5 rings (SSSR count). The van der Waals surface area contributed by atoms with Crippen LogP contribution >= 0.6 is 22.7 Å². The molecule has 2 aliphatic rings. The maximum atomic E-state index is 13.9. The molecule has 0 saturated carbocycles. The van der Waals surface area contributed by atoms with Gasteiger partial charge in [0.1, 0.15) is 16.1 Å². The Morgan fingerprint density at radius 3 is 2.83 bits per heavy atom. The van der Waals surface area contributed by atoms with E-state index >= 15 is 0 Å². The van der Waals surface area contributed by atoms with E-state index in [0.29, 0.717) is 60.9 Å². The topological polar surface area (TPSA) is 83.1 Å². The van der Waals surface area contributed by atoms with Crippen LogP contribution in [0.25, 0.3) is 10.2 Å². The summed E-state index contributed by atoms with van der Waals surface area (Å²) in [5.41, 5.74) is 0.617. The SMILES string of the molecule is O=C(C1CCCN1S(=O)(=O)c1cccs1)N(CCCN1CCOCC1)c1nc2ccc(F)cc2s1. The summed E-state index contributed by atoms with van der Waals surface area (Å²) in [6.07, 6.45) is 1.79. The number of sulfonamides is 1. The van der Waals surface area contributed by atoms with E-state index < -0.39 is 16.1 Å². The molecule has 2 aliphatic heterocycles. The minimum Gasteiger partial charge on any atom is -0.379 e. The molecule has 2 fully saturated rings. The first kappa shape index (κ1) is 24.7. The van der Waals surface area contributed by atoms with E-state index in [1.807, 2.05) is 0 Å². The Hall–Kier alpha value is -1.96. The minimum atomic E-state index is -3.76. The molecule has 0 N–H and O–H groups in total. The largest absolute Gasteiger partial charge is 0.379 e. The fourth-order valence-corrected chi connectivity index (χ4v) is 8.35. The molecule has 3 aromatic rings. The number of rotatable bonds is 8. The van der Waals surface area contributed by atoms with Gasteiger partial charge in [0, 0.05) is 32.7 Å². The summed E-state index contributed by atoms with van der Waals surface area (Å²) in [4.78, 5) is 22.4. The Morgan fingerprint density at radius 1 is 1.23 bits per heavy atom. The molecule has 1 amide bonds. The number of fused-ring (bicyclic) bond motifs is 1. The second-order valence-electron chi connectivity index (χ2n) is 8.61. The summed E-state index contributed by atoms with van der Waals surface area (Å²) in [5.74, 6) is -0.633. The smallest absolute Gasteiger partial charge is 0.253 e. The van der Waals surface area contributed by atoms with Crippen molar-refractivity contribution in [1.82, 2.24) is 14.2 Å². The second kappa shape index (κ2) is 10.6. The molecule has 2 aromatic heterocycles. The summed E-state index contributed by atoms with van der Waals surface area (Å²) >= 11 is 2.41. The van der Waals surface area contributed by atoms with Crippen molar-refractivity contribution in [2.24, 2.45) is 0 Å². The number of carbonyl (C=O) groups is 1. The molecule has 4 heterocycles. The minimum absolute atomic E-state index is 0.242. The van der Waals surface area contributed by atoms with E-state index in [2.05, 4.69) is 9.88 Å². The zero-order valence-corrected chi connectivity index (χ0v) is 21.6. The number of hydrogen-bond donors (Lipinski definition) is 0. The van der Waals surface area contributed by atoms with Crippen LogP contribution in [0.2, 0.25) is 0 Å². The molecule has 0 radical (unpaired) electrons. The van der Waals surface area contributed by atoms with Gasteiger partial charge in [0.05, 0.1) is 23.4 Å². The van der Waals surface area contributed by atoms with Crippen LogP contribution in [0.4, 0.5) is 9.52 Å². The highest BCUT2D eigenvalue weighted by Gasteiger charge is 2.42. The Kier molecular flexibility index (Phi) is 7.47. The summed E-state index contributed by atoms with van der Waals surface area (Å²) < 4.78 is 48.0. The van der Waals surface area contributed by atoms with Gasteiger partial charge in [0.25, 0.3) is 10.0 Å². The van der Waals surface area contributed by atoms with Crippen LogP contribution in [-0.4, -0.2) is 80.5 Å². The number of nitrogens with zero attached hydrogens (tertiary/aromatic N) is 4. The first-order valence-electron chi connectivity index (χ1n) is 11.7. The van der Waals surface area contributed by atoms with E-state index in [1.54, 1.807) is 28.5 Å². The highest BCUT2D eigenvalue weighted by molar-refractivity contribution is 7.91. The monoisotopic (exact) mass is 538 g/mol. The van der Waals surface area contributed by atoms with Crippen molar-refractivity contribution in [2.45, 2.75) is 29.5 Å². The zero-order valence-electron chi connectivity index (χ0n) is 19.1. The number of ether oxygens (including phenoxy) is 1. The van der Waals surface area contributed by atoms with Gasteiger partial charge in [-0.1, -0.05) is 17.4 Å². The maximum absolute atomic E-state index is 13.9. The number of thiazole rings is 1. The number of morpholine rings is 1. The lowest BCUT2D eigenvalue weighted by atomic mass is 10.2. The van der Waals surface area contributed by atoms with Crippen molar-refractivity contribution in [3.63, 3.8) is 0 Å². The number of anilines is 1. The Morgan fingerprint density at radius 2 is 2.06 bits per heavy atom. The molecule has 1 atom stereocenters. The summed E-state index contributed by atoms with van der Waals surface area (Å²) in [7, 11) is -3.76. The van der Waals surface area contributed by atoms with E-state index in [4.69, 9.17) is 4.74 Å². The predicted molar refractivity (Wildman–Crippen MR) is 135 cm³/mol. The molecule has 0 aliphatic carbocycles. The fourth-order valence-electron chi connectivity index (χ4n) is 4.56. The van der Waals surface area contributed by atoms with Crippen LogP contribution in [-0.2, 0) is 19.6 Å². The third kappa shape index (κ3) is 5.27. The van der Waals surface area contributed by atoms with Crippen molar-refractivity contribution in [3.8, 4) is 0 Å². The first-order valence-corrected chi connectivity index (χ1v) is 14.8. The molecular formula is C23H27FN4O4S3. The molecule has 1 aromatic carbocycles. The van der Waals surface area contributed by atoms with E-state index in [-0.39, 0.29) is 15.9 Å². The molecule has 188 valence electrons. The van der Waals surface area contributed by atoms with Crippen LogP contribution in [0.5, 0.6) is 0 Å². The summed E-state index contributed by atoms with van der Waals surface area (Å²) in [5, 5.41) is 2.19. The third-order valence-electron chi connectivity index (χ3n) is 6.34. The van der Waals surface area contributed by atoms with Gasteiger partial charge in [-0.15, -0.1) is 11.3 Å². The second-order valence-corrected chi connectivity index (χ2v) is 12.7. The molecule has 2 saturated heterocycles. The quantitative estimate of drug-likeness (QED) is 0.437. The van der Waals surface area contributed by atoms with Gasteiger partial charge in [-0.05, 0) is 48.9 Å². The van der Waals surface area contributed by atoms with Gasteiger partial charge in [0.15, 0.2) is 5.13 Å². The lowest BCUT2D eigenvalue weighted by Gasteiger charge is -2.30. The summed E-state index contributed by atoms with van der Waals surface area (Å²) in [6.45, 7) is 4.61. The van der Waals surface area contributed by atoms with Crippen LogP contribution in [0.3, 0.4) is 0 Å². The number of thiophene rings is 1. The van der Waals surface area contributed by atoms with E-state index in [0.717, 1.165) is 31.0 Å². The van der Waals surface area contributed by atoms with Gasteiger partial charge in [-0.3, -0.25) is 14.6 Å². The van der Waals surface area contributed by atoms with Crippen molar-refractivity contribution in [3.05, 3.63) is 41.5 Å². The van der Waals surface area contributed by atoms with Crippen molar-refractivity contribution >= 4 is 54.0 Å². The molecule has 0 spiro atoms. The Bertz CT molecular complexity index is 1280. The molecule has 35 heavy (non-hydrogen) atoms. The van der Waals surface area contributed by atoms with Gasteiger partial charge < -0.3 is 4.74 Å². The number of benzene rings is 1. The Balaban J connectivity index is 1.41. The third-order valence-corrected chi connectivity index (χ3v) is 10.7. The average molecular weight is 539 g/mol. The predicted octanol–water partition coefficient (Wildman–Crippen LogP) is 3.41. The van der Waals surface area contributed by atoms with E-state index in [9.17, 15) is 17.6 Å². The van der Waals surface area contributed by atoms with Gasteiger partial charge >= 0.3 is 0 Å². The fraction of sp³-hybridized carbons (Fsp3) is 0.478. The number of carbonyl (C=O) groups excluding carboxylic acids is 1. The highest BCUT2D eigenvalue weighted by Crippen LogP contribution is 2.33. The molecule has 0 bridgehead atoms. The maximum Gasteiger partial charge on any atom is 0.253 e. The standard InChI is InChI=1S/C23H27FN4O4S3/c24-17-6-7-18-20(16-17)34-23(25-18)27(9-3-8-26-11-13-32-14-12-26)22(29)19-4-1-10-28(19)35(30,31)21-5-2-15-33-21/h2,5-7,15-16,19H,1,3-4,8-14H2. The number of aromatic nitrogens is 1. The highest BCUT2D eigenvalue weighted by atomic mass is 32.2. The lowest BCUT2D eigenvalue weighted by molar-refractivity contribution is -0.121. The van der Waals surface area contributed by atoms with E-state index in [1.165, 1.54) is 27.8 Å².